The zero-order chi connectivity index (χ0) is 17.1. The zero-order valence-electron chi connectivity index (χ0n) is 14.1. The molecular weight excluding hydrogens is 316 g/mol. The van der Waals surface area contributed by atoms with E-state index in [2.05, 4.69) is 29.4 Å². The van der Waals surface area contributed by atoms with Gasteiger partial charge in [0.2, 0.25) is 5.91 Å². The molecule has 0 saturated carbocycles. The number of hydrogen-bond donors (Lipinski definition) is 1. The van der Waals surface area contributed by atoms with E-state index in [1.54, 1.807) is 11.3 Å². The summed E-state index contributed by atoms with van der Waals surface area (Å²) in [6, 6.07) is 14.2. The summed E-state index contributed by atoms with van der Waals surface area (Å²) in [6.07, 6.45) is 0.287. The number of carbonyl (C=O) groups is 1. The van der Waals surface area contributed by atoms with Gasteiger partial charge in [-0.2, -0.15) is 0 Å². The number of nitrogens with zero attached hydrogens (tertiary/aromatic N) is 1. The Morgan fingerprint density at radius 1 is 1.12 bits per heavy atom. The first-order valence-corrected chi connectivity index (χ1v) is 8.78. The quantitative estimate of drug-likeness (QED) is 0.735. The fourth-order valence-corrected chi connectivity index (χ4v) is 3.36. The summed E-state index contributed by atoms with van der Waals surface area (Å²) in [5.74, 6) is -0.0372. The van der Waals surface area contributed by atoms with Crippen LogP contribution in [0, 0.1) is 20.8 Å². The summed E-state index contributed by atoms with van der Waals surface area (Å²) in [4.78, 5) is 16.9. The highest BCUT2D eigenvalue weighted by molar-refractivity contribution is 7.13. The van der Waals surface area contributed by atoms with Crippen LogP contribution in [0.2, 0.25) is 0 Å². The lowest BCUT2D eigenvalue weighted by atomic mass is 10.1. The Bertz CT molecular complexity index is 883. The Kier molecular flexibility index (Phi) is 4.76. The average Bonchev–Trinajstić information content (AvgIpc) is 3.00. The SMILES string of the molecule is Cc1cccc(-c2nc(CC(=O)Nc3cccc(C)c3C)cs2)c1. The van der Waals surface area contributed by atoms with Crippen LogP contribution < -0.4 is 5.32 Å². The molecule has 122 valence electrons. The molecule has 24 heavy (non-hydrogen) atoms. The van der Waals surface area contributed by atoms with Gasteiger partial charge >= 0.3 is 0 Å². The zero-order valence-corrected chi connectivity index (χ0v) is 14.9. The van der Waals surface area contributed by atoms with Gasteiger partial charge in [-0.15, -0.1) is 11.3 Å². The van der Waals surface area contributed by atoms with Gasteiger partial charge in [0.1, 0.15) is 5.01 Å². The monoisotopic (exact) mass is 336 g/mol. The predicted molar refractivity (Wildman–Crippen MR) is 101 cm³/mol. The van der Waals surface area contributed by atoms with Crippen LogP contribution in [0.1, 0.15) is 22.4 Å². The molecule has 0 radical (unpaired) electrons. The van der Waals surface area contributed by atoms with Gasteiger partial charge in [-0.3, -0.25) is 4.79 Å². The highest BCUT2D eigenvalue weighted by Crippen LogP contribution is 2.25. The number of aromatic nitrogens is 1. The number of aryl methyl sites for hydroxylation is 2. The summed E-state index contributed by atoms with van der Waals surface area (Å²) < 4.78 is 0. The summed E-state index contributed by atoms with van der Waals surface area (Å²) in [5, 5.41) is 5.89. The van der Waals surface area contributed by atoms with Crippen molar-refractivity contribution in [2.75, 3.05) is 5.32 Å². The lowest BCUT2D eigenvalue weighted by Gasteiger charge is -2.09. The third kappa shape index (κ3) is 3.71. The minimum Gasteiger partial charge on any atom is -0.325 e. The highest BCUT2D eigenvalue weighted by atomic mass is 32.1. The number of thiazole rings is 1. The van der Waals surface area contributed by atoms with E-state index in [1.165, 1.54) is 11.1 Å². The van der Waals surface area contributed by atoms with Gasteiger partial charge in [0, 0.05) is 16.6 Å². The van der Waals surface area contributed by atoms with Crippen molar-refractivity contribution in [1.29, 1.82) is 0 Å². The number of rotatable bonds is 4. The van der Waals surface area contributed by atoms with Crippen molar-refractivity contribution in [3.8, 4) is 10.6 Å². The van der Waals surface area contributed by atoms with Crippen molar-refractivity contribution < 1.29 is 4.79 Å². The van der Waals surface area contributed by atoms with Crippen LogP contribution >= 0.6 is 11.3 Å². The molecule has 4 heteroatoms. The third-order valence-corrected chi connectivity index (χ3v) is 4.98. The molecule has 3 nitrogen and oxygen atoms in total. The number of amides is 1. The molecule has 3 aromatic rings. The molecule has 3 rings (SSSR count). The highest BCUT2D eigenvalue weighted by Gasteiger charge is 2.11. The van der Waals surface area contributed by atoms with Gasteiger partial charge in [-0.25, -0.2) is 4.98 Å². The molecule has 0 atom stereocenters. The first kappa shape index (κ1) is 16.4. The molecule has 0 aliphatic heterocycles. The first-order chi connectivity index (χ1) is 11.5. The van der Waals surface area contributed by atoms with Gasteiger partial charge in [0.05, 0.1) is 12.1 Å². The fourth-order valence-electron chi connectivity index (χ4n) is 2.54. The average molecular weight is 336 g/mol. The lowest BCUT2D eigenvalue weighted by molar-refractivity contribution is -0.115. The lowest BCUT2D eigenvalue weighted by Crippen LogP contribution is -2.15. The van der Waals surface area contributed by atoms with E-state index in [4.69, 9.17) is 0 Å². The molecule has 0 aliphatic rings. The van der Waals surface area contributed by atoms with Gasteiger partial charge < -0.3 is 5.32 Å². The molecule has 2 aromatic carbocycles. The van der Waals surface area contributed by atoms with Gasteiger partial charge in [0.25, 0.3) is 0 Å². The maximum Gasteiger partial charge on any atom is 0.230 e. The molecule has 1 N–H and O–H groups in total. The standard InChI is InChI=1S/C20H20N2OS/c1-13-6-4-8-16(10-13)20-21-17(12-24-20)11-19(23)22-18-9-5-7-14(2)15(18)3/h4-10,12H,11H2,1-3H3,(H,22,23). The second-order valence-electron chi connectivity index (χ2n) is 5.99. The molecule has 0 saturated heterocycles. The Labute approximate surface area is 146 Å². The first-order valence-electron chi connectivity index (χ1n) is 7.90. The Morgan fingerprint density at radius 2 is 1.92 bits per heavy atom. The second kappa shape index (κ2) is 6.97. The van der Waals surface area contributed by atoms with Crippen molar-refractivity contribution in [3.05, 3.63) is 70.2 Å². The van der Waals surface area contributed by atoms with Gasteiger partial charge in [-0.05, 0) is 44.0 Å². The molecule has 0 bridgehead atoms. The van der Waals surface area contributed by atoms with E-state index in [1.807, 2.05) is 49.6 Å². The summed E-state index contributed by atoms with van der Waals surface area (Å²) in [7, 11) is 0. The fraction of sp³-hybridized carbons (Fsp3) is 0.200. The Morgan fingerprint density at radius 3 is 2.71 bits per heavy atom. The Hall–Kier alpha value is -2.46. The van der Waals surface area contributed by atoms with Gasteiger partial charge in [-0.1, -0.05) is 35.9 Å². The maximum atomic E-state index is 12.3. The van der Waals surface area contributed by atoms with Crippen molar-refractivity contribution in [2.24, 2.45) is 0 Å². The number of nitrogens with one attached hydrogen (secondary N) is 1. The topological polar surface area (TPSA) is 42.0 Å². The molecule has 0 fully saturated rings. The maximum absolute atomic E-state index is 12.3. The summed E-state index contributed by atoms with van der Waals surface area (Å²) in [6.45, 7) is 6.12. The molecule has 0 spiro atoms. The molecule has 0 unspecified atom stereocenters. The predicted octanol–water partition coefficient (Wildman–Crippen LogP) is 4.92. The molecule has 1 amide bonds. The summed E-state index contributed by atoms with van der Waals surface area (Å²) >= 11 is 1.57. The van der Waals surface area contributed by atoms with Crippen LogP contribution in [0.4, 0.5) is 5.69 Å². The minimum absolute atomic E-state index is 0.0372. The minimum atomic E-state index is -0.0372. The summed E-state index contributed by atoms with van der Waals surface area (Å²) in [5.41, 5.74) is 6.25. The van der Waals surface area contributed by atoms with E-state index < -0.39 is 0 Å². The Balaban J connectivity index is 1.70. The van der Waals surface area contributed by atoms with Crippen LogP contribution in [0.3, 0.4) is 0 Å². The van der Waals surface area contributed by atoms with Crippen LogP contribution in [-0.2, 0) is 11.2 Å². The number of hydrogen-bond acceptors (Lipinski definition) is 3. The van der Waals surface area contributed by atoms with Crippen molar-refractivity contribution in [1.82, 2.24) is 4.98 Å². The molecule has 1 heterocycles. The molecule has 0 aliphatic carbocycles. The third-order valence-electron chi connectivity index (χ3n) is 4.04. The van der Waals surface area contributed by atoms with E-state index in [-0.39, 0.29) is 12.3 Å². The number of benzene rings is 2. The van der Waals surface area contributed by atoms with E-state index in [0.29, 0.717) is 0 Å². The smallest absolute Gasteiger partial charge is 0.230 e. The van der Waals surface area contributed by atoms with Crippen LogP contribution in [0.25, 0.3) is 10.6 Å². The van der Waals surface area contributed by atoms with E-state index in [9.17, 15) is 4.79 Å². The number of carbonyl (C=O) groups excluding carboxylic acids is 1. The molecular formula is C20H20N2OS. The van der Waals surface area contributed by atoms with Crippen LogP contribution in [0.15, 0.2) is 47.8 Å². The number of anilines is 1. The van der Waals surface area contributed by atoms with Crippen LogP contribution in [0.5, 0.6) is 0 Å². The second-order valence-corrected chi connectivity index (χ2v) is 6.84. The van der Waals surface area contributed by atoms with E-state index in [0.717, 1.165) is 27.5 Å². The van der Waals surface area contributed by atoms with Crippen molar-refractivity contribution in [2.45, 2.75) is 27.2 Å². The van der Waals surface area contributed by atoms with E-state index >= 15 is 0 Å². The van der Waals surface area contributed by atoms with Crippen molar-refractivity contribution in [3.63, 3.8) is 0 Å². The normalized spacial score (nSPS) is 10.6. The van der Waals surface area contributed by atoms with Crippen molar-refractivity contribution >= 4 is 22.9 Å². The van der Waals surface area contributed by atoms with Crippen LogP contribution in [-0.4, -0.2) is 10.9 Å². The van der Waals surface area contributed by atoms with Gasteiger partial charge in [0.15, 0.2) is 0 Å². The largest absolute Gasteiger partial charge is 0.325 e. The molecule has 1 aromatic heterocycles.